The van der Waals surface area contributed by atoms with Crippen LogP contribution in [0.5, 0.6) is 0 Å². The standard InChI is InChI=1S/C26H26FN3O3/c1-16-19(7-2-8-23(16)27)24(31)11-20-21(25(32)17-5-3-9-28-12-17)14-30-15-22(20)26(33)18-6-4-10-29-13-18/h2-10,12-13,20-22,24,30-31H,11,14-15H2,1H3/t20?,21-,22+,24?. The zero-order valence-corrected chi connectivity index (χ0v) is 18.3. The van der Waals surface area contributed by atoms with E-state index in [4.69, 9.17) is 0 Å². The maximum Gasteiger partial charge on any atom is 0.169 e. The third-order valence-electron chi connectivity index (χ3n) is 6.49. The number of pyridine rings is 2. The molecule has 3 heterocycles. The number of ketones is 2. The van der Waals surface area contributed by atoms with Crippen LogP contribution in [-0.2, 0) is 0 Å². The van der Waals surface area contributed by atoms with Gasteiger partial charge in [0.25, 0.3) is 0 Å². The number of nitrogens with one attached hydrogen (secondary N) is 1. The van der Waals surface area contributed by atoms with Crippen molar-refractivity contribution in [2.24, 2.45) is 17.8 Å². The Labute approximate surface area is 191 Å². The van der Waals surface area contributed by atoms with Crippen LogP contribution in [-0.4, -0.2) is 39.7 Å². The first-order chi connectivity index (χ1) is 16.0. The average molecular weight is 448 g/mol. The summed E-state index contributed by atoms with van der Waals surface area (Å²) in [5.41, 5.74) is 1.75. The van der Waals surface area contributed by atoms with Crippen molar-refractivity contribution < 1.29 is 19.1 Å². The van der Waals surface area contributed by atoms with Gasteiger partial charge in [0, 0.05) is 60.8 Å². The SMILES string of the molecule is Cc1c(F)cccc1C(O)CC1[C@@H](C(=O)c2cccnc2)CNC[C@H]1C(=O)c1cccnc1. The van der Waals surface area contributed by atoms with Crippen LogP contribution in [0.25, 0.3) is 0 Å². The summed E-state index contributed by atoms with van der Waals surface area (Å²) in [5, 5.41) is 14.3. The van der Waals surface area contributed by atoms with Crippen LogP contribution >= 0.6 is 0 Å². The van der Waals surface area contributed by atoms with Gasteiger partial charge in [-0.15, -0.1) is 0 Å². The van der Waals surface area contributed by atoms with Crippen LogP contribution in [0.2, 0.25) is 0 Å². The molecule has 0 aliphatic carbocycles. The number of rotatable bonds is 7. The number of aromatic nitrogens is 2. The lowest BCUT2D eigenvalue weighted by Gasteiger charge is -2.38. The average Bonchev–Trinajstić information content (AvgIpc) is 2.86. The molecule has 1 aromatic carbocycles. The molecule has 7 heteroatoms. The van der Waals surface area contributed by atoms with Gasteiger partial charge in [0.15, 0.2) is 11.6 Å². The molecule has 33 heavy (non-hydrogen) atoms. The van der Waals surface area contributed by atoms with Gasteiger partial charge in [0.05, 0.1) is 6.10 Å². The Kier molecular flexibility index (Phi) is 7.01. The summed E-state index contributed by atoms with van der Waals surface area (Å²) in [6.07, 6.45) is 5.35. The van der Waals surface area contributed by atoms with Crippen LogP contribution in [0.3, 0.4) is 0 Å². The van der Waals surface area contributed by atoms with Gasteiger partial charge in [-0.3, -0.25) is 19.6 Å². The molecular formula is C26H26FN3O3. The molecular weight excluding hydrogens is 421 g/mol. The summed E-state index contributed by atoms with van der Waals surface area (Å²) in [4.78, 5) is 34.9. The lowest BCUT2D eigenvalue weighted by atomic mass is 9.69. The number of Topliss-reactive ketones (excluding diaryl/α,β-unsaturated/α-hetero) is 2. The molecule has 0 amide bonds. The molecule has 2 aromatic heterocycles. The molecule has 0 radical (unpaired) electrons. The van der Waals surface area contributed by atoms with E-state index in [0.29, 0.717) is 35.3 Å². The number of aliphatic hydroxyl groups is 1. The summed E-state index contributed by atoms with van der Waals surface area (Å²) in [6.45, 7) is 2.38. The Hall–Kier alpha value is -3.29. The number of halogens is 1. The van der Waals surface area contributed by atoms with E-state index in [1.54, 1.807) is 55.7 Å². The summed E-state index contributed by atoms with van der Waals surface area (Å²) < 4.78 is 14.1. The van der Waals surface area contributed by atoms with Crippen LogP contribution in [0.15, 0.2) is 67.3 Å². The molecule has 2 unspecified atom stereocenters. The number of aliphatic hydroxyl groups excluding tert-OH is 1. The monoisotopic (exact) mass is 447 g/mol. The number of hydrogen-bond donors (Lipinski definition) is 2. The normalized spacial score (nSPS) is 21.4. The molecule has 1 saturated heterocycles. The van der Waals surface area contributed by atoms with Crippen LogP contribution in [0.1, 0.15) is 44.4 Å². The minimum Gasteiger partial charge on any atom is -0.388 e. The minimum atomic E-state index is -1.02. The van der Waals surface area contributed by atoms with Crippen molar-refractivity contribution in [1.82, 2.24) is 15.3 Å². The van der Waals surface area contributed by atoms with Crippen molar-refractivity contribution in [2.45, 2.75) is 19.4 Å². The first-order valence-electron chi connectivity index (χ1n) is 11.0. The predicted octanol–water partition coefficient (Wildman–Crippen LogP) is 3.57. The van der Waals surface area contributed by atoms with E-state index in [1.165, 1.54) is 18.5 Å². The van der Waals surface area contributed by atoms with E-state index in [9.17, 15) is 19.1 Å². The van der Waals surface area contributed by atoms with E-state index in [2.05, 4.69) is 15.3 Å². The largest absolute Gasteiger partial charge is 0.388 e. The number of nitrogens with zero attached hydrogens (tertiary/aromatic N) is 2. The van der Waals surface area contributed by atoms with Gasteiger partial charge in [-0.1, -0.05) is 12.1 Å². The maximum absolute atomic E-state index is 14.1. The smallest absolute Gasteiger partial charge is 0.169 e. The topological polar surface area (TPSA) is 92.2 Å². The zero-order chi connectivity index (χ0) is 23.4. The second kappa shape index (κ2) is 10.1. The molecule has 0 bridgehead atoms. The molecule has 3 aromatic rings. The van der Waals surface area contributed by atoms with Crippen LogP contribution in [0.4, 0.5) is 4.39 Å². The predicted molar refractivity (Wildman–Crippen MR) is 121 cm³/mol. The van der Waals surface area contributed by atoms with Gasteiger partial charge < -0.3 is 10.4 Å². The minimum absolute atomic E-state index is 0.132. The number of benzene rings is 1. The second-order valence-corrected chi connectivity index (χ2v) is 8.45. The first-order valence-corrected chi connectivity index (χ1v) is 11.0. The van der Waals surface area contributed by atoms with Crippen molar-refractivity contribution >= 4 is 11.6 Å². The Balaban J connectivity index is 1.69. The first kappa shape index (κ1) is 22.9. The fraction of sp³-hybridized carbons (Fsp3) is 0.308. The molecule has 0 saturated carbocycles. The van der Waals surface area contributed by atoms with Crippen LogP contribution < -0.4 is 5.32 Å². The van der Waals surface area contributed by atoms with Crippen molar-refractivity contribution in [3.05, 3.63) is 95.3 Å². The highest BCUT2D eigenvalue weighted by Gasteiger charge is 2.42. The summed E-state index contributed by atoms with van der Waals surface area (Å²) in [6, 6.07) is 11.4. The summed E-state index contributed by atoms with van der Waals surface area (Å²) >= 11 is 0. The van der Waals surface area contributed by atoms with E-state index >= 15 is 0 Å². The van der Waals surface area contributed by atoms with E-state index < -0.39 is 29.7 Å². The molecule has 4 rings (SSSR count). The Morgan fingerprint density at radius 2 is 1.58 bits per heavy atom. The van der Waals surface area contributed by atoms with Gasteiger partial charge >= 0.3 is 0 Å². The number of carbonyl (C=O) groups is 2. The van der Waals surface area contributed by atoms with E-state index in [-0.39, 0.29) is 18.0 Å². The number of carbonyl (C=O) groups excluding carboxylic acids is 2. The molecule has 1 aliphatic heterocycles. The van der Waals surface area contributed by atoms with Crippen molar-refractivity contribution in [2.75, 3.05) is 13.1 Å². The third-order valence-corrected chi connectivity index (χ3v) is 6.49. The number of hydrogen-bond acceptors (Lipinski definition) is 6. The van der Waals surface area contributed by atoms with Crippen LogP contribution in [0, 0.1) is 30.5 Å². The molecule has 6 nitrogen and oxygen atoms in total. The maximum atomic E-state index is 14.1. The molecule has 0 spiro atoms. The van der Waals surface area contributed by atoms with Gasteiger partial charge in [0.2, 0.25) is 0 Å². The van der Waals surface area contributed by atoms with E-state index in [0.717, 1.165) is 0 Å². The Morgan fingerprint density at radius 1 is 1.00 bits per heavy atom. The molecule has 1 aliphatic rings. The van der Waals surface area contributed by atoms with Crippen molar-refractivity contribution in [3.8, 4) is 0 Å². The highest BCUT2D eigenvalue weighted by molar-refractivity contribution is 6.01. The van der Waals surface area contributed by atoms with Gasteiger partial charge in [-0.2, -0.15) is 0 Å². The molecule has 170 valence electrons. The van der Waals surface area contributed by atoms with Gasteiger partial charge in [0.1, 0.15) is 5.82 Å². The second-order valence-electron chi connectivity index (χ2n) is 8.45. The molecule has 1 fully saturated rings. The van der Waals surface area contributed by atoms with Gasteiger partial charge in [-0.25, -0.2) is 4.39 Å². The fourth-order valence-electron chi connectivity index (χ4n) is 4.70. The summed E-state index contributed by atoms with van der Waals surface area (Å²) in [5.74, 6) is -2.21. The lowest BCUT2D eigenvalue weighted by molar-refractivity contribution is 0.0528. The quantitative estimate of drug-likeness (QED) is 0.538. The van der Waals surface area contributed by atoms with Crippen molar-refractivity contribution in [3.63, 3.8) is 0 Å². The zero-order valence-electron chi connectivity index (χ0n) is 18.3. The highest BCUT2D eigenvalue weighted by Crippen LogP contribution is 2.37. The molecule has 4 atom stereocenters. The van der Waals surface area contributed by atoms with E-state index in [1.807, 2.05) is 0 Å². The molecule has 2 N–H and O–H groups in total. The highest BCUT2D eigenvalue weighted by atomic mass is 19.1. The van der Waals surface area contributed by atoms with Crippen molar-refractivity contribution in [1.29, 1.82) is 0 Å². The Bertz CT molecular complexity index is 1060. The lowest BCUT2D eigenvalue weighted by Crippen LogP contribution is -2.50. The fourth-order valence-corrected chi connectivity index (χ4v) is 4.70. The summed E-state index contributed by atoms with van der Waals surface area (Å²) in [7, 11) is 0. The number of piperidine rings is 1. The van der Waals surface area contributed by atoms with Gasteiger partial charge in [-0.05, 0) is 60.7 Å². The Morgan fingerprint density at radius 3 is 2.09 bits per heavy atom. The third kappa shape index (κ3) is 4.89.